The number of nitrogens with zero attached hydrogens (tertiary/aromatic N) is 5. The molecule has 1 aliphatic heterocycles. The highest BCUT2D eigenvalue weighted by molar-refractivity contribution is 8.14. The van der Waals surface area contributed by atoms with E-state index in [1.54, 1.807) is 37.1 Å². The van der Waals surface area contributed by atoms with Gasteiger partial charge in [-0.1, -0.05) is 79.3 Å². The second-order valence-electron chi connectivity index (χ2n) is 8.11. The highest BCUT2D eigenvalue weighted by Gasteiger charge is 2.28. The van der Waals surface area contributed by atoms with E-state index in [2.05, 4.69) is 62.2 Å². The molecule has 2 N–H and O–H groups in total. The largest absolute Gasteiger partial charge is 0.496 e. The van der Waals surface area contributed by atoms with Gasteiger partial charge in [-0.05, 0) is 40.5 Å². The van der Waals surface area contributed by atoms with Crippen LogP contribution in [0.25, 0.3) is 22.5 Å². The van der Waals surface area contributed by atoms with Gasteiger partial charge in [0.2, 0.25) is 5.82 Å². The Kier molecular flexibility index (Phi) is 7.06. The summed E-state index contributed by atoms with van der Waals surface area (Å²) < 4.78 is 5.34. The van der Waals surface area contributed by atoms with Gasteiger partial charge in [0.25, 0.3) is 5.91 Å². The molecular formula is C26H25N7O2S. The van der Waals surface area contributed by atoms with E-state index in [0.29, 0.717) is 28.8 Å². The number of aromatic nitrogens is 4. The summed E-state index contributed by atoms with van der Waals surface area (Å²) in [5.74, 6) is 0.740. The van der Waals surface area contributed by atoms with Crippen molar-refractivity contribution in [1.29, 1.82) is 0 Å². The number of thioether (sulfide) groups is 1. The number of aromatic amines is 1. The van der Waals surface area contributed by atoms with Crippen LogP contribution in [0.3, 0.4) is 0 Å². The number of aliphatic imine (C=N–C) groups is 1. The fraction of sp³-hybridized carbons (Fsp3) is 0.192. The Morgan fingerprint density at radius 1 is 1.06 bits per heavy atom. The number of ether oxygens (including phenoxy) is 1. The van der Waals surface area contributed by atoms with Crippen LogP contribution in [0.5, 0.6) is 5.75 Å². The Balaban J connectivity index is 1.37. The van der Waals surface area contributed by atoms with Crippen LogP contribution in [0.4, 0.5) is 0 Å². The minimum absolute atomic E-state index is 0.148. The third-order valence-corrected chi connectivity index (χ3v) is 7.05. The summed E-state index contributed by atoms with van der Waals surface area (Å²) in [6, 6.07) is 23.4. The van der Waals surface area contributed by atoms with Gasteiger partial charge in [0.1, 0.15) is 5.75 Å². The molecule has 0 bridgehead atoms. The lowest BCUT2D eigenvalue weighted by Gasteiger charge is -2.19. The van der Waals surface area contributed by atoms with E-state index in [1.807, 2.05) is 35.3 Å². The predicted molar refractivity (Wildman–Crippen MR) is 140 cm³/mol. The van der Waals surface area contributed by atoms with Gasteiger partial charge in [0.15, 0.2) is 5.17 Å². The molecule has 1 aromatic heterocycles. The second kappa shape index (κ2) is 10.7. The molecule has 5 rings (SSSR count). The third-order valence-electron chi connectivity index (χ3n) is 5.80. The van der Waals surface area contributed by atoms with E-state index in [4.69, 9.17) is 4.74 Å². The molecule has 0 radical (unpaired) electrons. The quantitative estimate of drug-likeness (QED) is 0.382. The number of tetrazole rings is 1. The maximum Gasteiger partial charge on any atom is 0.283 e. The highest BCUT2D eigenvalue weighted by atomic mass is 32.2. The molecule has 3 aromatic carbocycles. The van der Waals surface area contributed by atoms with Crippen LogP contribution < -0.4 is 10.2 Å². The molecule has 10 heteroatoms. The zero-order chi connectivity index (χ0) is 24.9. The van der Waals surface area contributed by atoms with Crippen LogP contribution in [-0.2, 0) is 6.54 Å². The molecule has 4 aromatic rings. The molecule has 9 nitrogen and oxygen atoms in total. The van der Waals surface area contributed by atoms with Crippen LogP contribution >= 0.6 is 11.8 Å². The number of hydrogen-bond acceptors (Lipinski definition) is 7. The minimum atomic E-state index is -0.327. The van der Waals surface area contributed by atoms with Crippen molar-refractivity contribution in [2.24, 2.45) is 4.99 Å². The van der Waals surface area contributed by atoms with E-state index in [0.717, 1.165) is 28.7 Å². The molecule has 1 saturated heterocycles. The van der Waals surface area contributed by atoms with Crippen molar-refractivity contribution < 1.29 is 9.53 Å². The number of para-hydroxylation sites is 1. The van der Waals surface area contributed by atoms with Gasteiger partial charge >= 0.3 is 0 Å². The number of hydrogen-bond donors (Lipinski definition) is 2. The Morgan fingerprint density at radius 2 is 1.81 bits per heavy atom. The van der Waals surface area contributed by atoms with Gasteiger partial charge in [0.05, 0.1) is 24.6 Å². The number of nitrogens with one attached hydrogen (secondary N) is 2. The summed E-state index contributed by atoms with van der Waals surface area (Å²) in [7, 11) is 1.55. The summed E-state index contributed by atoms with van der Waals surface area (Å²) in [5, 5.41) is 17.2. The molecule has 2 heterocycles. The van der Waals surface area contributed by atoms with Crippen LogP contribution in [0, 0.1) is 0 Å². The van der Waals surface area contributed by atoms with Crippen molar-refractivity contribution in [3.63, 3.8) is 0 Å². The lowest BCUT2D eigenvalue weighted by Crippen LogP contribution is -2.37. The zero-order valence-corrected chi connectivity index (χ0v) is 20.7. The Labute approximate surface area is 212 Å². The Bertz CT molecular complexity index is 1370. The zero-order valence-electron chi connectivity index (χ0n) is 19.9. The van der Waals surface area contributed by atoms with E-state index < -0.39 is 0 Å². The SMILES string of the molecule is CCC1NN(Cc2ccc(-c3ccccc3-c3nn[nH]n3)cc2)C(=NC(=O)c2ccccc2OC)S1. The summed E-state index contributed by atoms with van der Waals surface area (Å²) in [6.45, 7) is 2.66. The van der Waals surface area contributed by atoms with Crippen LogP contribution in [-0.4, -0.2) is 49.2 Å². The normalized spacial score (nSPS) is 16.4. The lowest BCUT2D eigenvalue weighted by molar-refractivity contribution is 0.0998. The van der Waals surface area contributed by atoms with E-state index in [9.17, 15) is 4.79 Å². The third kappa shape index (κ3) is 5.00. The Hall–Kier alpha value is -4.02. The van der Waals surface area contributed by atoms with Gasteiger partial charge in [-0.3, -0.25) is 9.80 Å². The number of H-pyrrole nitrogens is 1. The van der Waals surface area contributed by atoms with Crippen molar-refractivity contribution in [3.8, 4) is 28.3 Å². The van der Waals surface area contributed by atoms with Gasteiger partial charge in [-0.2, -0.15) is 10.2 Å². The summed E-state index contributed by atoms with van der Waals surface area (Å²) in [4.78, 5) is 17.4. The van der Waals surface area contributed by atoms with Crippen LogP contribution in [0.1, 0.15) is 29.3 Å². The van der Waals surface area contributed by atoms with Crippen molar-refractivity contribution in [3.05, 3.63) is 83.9 Å². The van der Waals surface area contributed by atoms with Gasteiger partial charge < -0.3 is 4.74 Å². The molecule has 1 atom stereocenters. The van der Waals surface area contributed by atoms with Crippen molar-refractivity contribution in [2.45, 2.75) is 25.3 Å². The topological polar surface area (TPSA) is 108 Å². The number of amidine groups is 1. The maximum absolute atomic E-state index is 13.0. The van der Waals surface area contributed by atoms with E-state index >= 15 is 0 Å². The molecule has 1 unspecified atom stereocenters. The number of amides is 1. The first kappa shape index (κ1) is 23.7. The number of benzene rings is 3. The summed E-state index contributed by atoms with van der Waals surface area (Å²) >= 11 is 1.56. The number of carbonyl (C=O) groups is 1. The van der Waals surface area contributed by atoms with Crippen LogP contribution in [0.15, 0.2) is 77.8 Å². The average Bonchev–Trinajstić information content (AvgIpc) is 3.59. The minimum Gasteiger partial charge on any atom is -0.496 e. The smallest absolute Gasteiger partial charge is 0.283 e. The maximum atomic E-state index is 13.0. The lowest BCUT2D eigenvalue weighted by atomic mass is 9.98. The molecule has 1 aliphatic rings. The molecule has 0 saturated carbocycles. The first-order valence-corrected chi connectivity index (χ1v) is 12.4. The fourth-order valence-corrected chi connectivity index (χ4v) is 4.95. The number of carbonyl (C=O) groups excluding carboxylic acids is 1. The monoisotopic (exact) mass is 499 g/mol. The number of methoxy groups -OCH3 is 1. The molecule has 182 valence electrons. The first-order chi connectivity index (χ1) is 17.7. The first-order valence-electron chi connectivity index (χ1n) is 11.5. The van der Waals surface area contributed by atoms with Gasteiger partial charge in [-0.25, -0.2) is 5.43 Å². The summed E-state index contributed by atoms with van der Waals surface area (Å²) in [6.07, 6.45) is 0.898. The van der Waals surface area contributed by atoms with Crippen LogP contribution in [0.2, 0.25) is 0 Å². The highest BCUT2D eigenvalue weighted by Crippen LogP contribution is 2.31. The van der Waals surface area contributed by atoms with Crippen molar-refractivity contribution in [1.82, 2.24) is 31.1 Å². The van der Waals surface area contributed by atoms with Gasteiger partial charge in [-0.15, -0.1) is 10.2 Å². The number of hydrazine groups is 1. The van der Waals surface area contributed by atoms with Crippen molar-refractivity contribution >= 4 is 22.8 Å². The molecule has 36 heavy (non-hydrogen) atoms. The van der Waals surface area contributed by atoms with Crippen molar-refractivity contribution in [2.75, 3.05) is 7.11 Å². The van der Waals surface area contributed by atoms with E-state index in [-0.39, 0.29) is 11.3 Å². The second-order valence-corrected chi connectivity index (χ2v) is 9.28. The van der Waals surface area contributed by atoms with Gasteiger partial charge in [0, 0.05) is 5.56 Å². The summed E-state index contributed by atoms with van der Waals surface area (Å²) in [5.41, 5.74) is 7.96. The average molecular weight is 500 g/mol. The van der Waals surface area contributed by atoms with E-state index in [1.165, 1.54) is 0 Å². The molecular weight excluding hydrogens is 474 g/mol. The molecule has 1 amide bonds. The predicted octanol–water partition coefficient (Wildman–Crippen LogP) is 4.53. The molecule has 0 aliphatic carbocycles. The molecule has 1 fully saturated rings. The standard InChI is InChI=1S/C26H25N7O2S/c1-3-23-30-33(26(36-23)27-25(34)21-10-6-7-11-22(21)35-2)16-17-12-14-18(15-13-17)19-8-4-5-9-20(19)24-28-31-32-29-24/h4-15,23,30H,3,16H2,1-2H3,(H,28,29,31,32). The fourth-order valence-electron chi connectivity index (χ4n) is 3.97. The Morgan fingerprint density at radius 3 is 2.53 bits per heavy atom. The molecule has 0 spiro atoms. The number of rotatable bonds is 7.